The van der Waals surface area contributed by atoms with Crippen LogP contribution in [0.15, 0.2) is 48.5 Å². The summed E-state index contributed by atoms with van der Waals surface area (Å²) in [5.74, 6) is -0.382. The van der Waals surface area contributed by atoms with Gasteiger partial charge in [-0.25, -0.2) is 4.39 Å². The first-order valence-electron chi connectivity index (χ1n) is 8.76. The zero-order valence-electron chi connectivity index (χ0n) is 14.5. The van der Waals surface area contributed by atoms with Crippen LogP contribution in [0.1, 0.15) is 16.8 Å². The summed E-state index contributed by atoms with van der Waals surface area (Å²) in [4.78, 5) is 25.6. The van der Waals surface area contributed by atoms with Crippen LogP contribution in [0.25, 0.3) is 11.1 Å². The molecule has 2 amide bonds. The molecule has 0 saturated carbocycles. The van der Waals surface area contributed by atoms with Crippen molar-refractivity contribution < 1.29 is 14.0 Å². The second-order valence-corrected chi connectivity index (χ2v) is 6.29. The van der Waals surface area contributed by atoms with Gasteiger partial charge in [0.05, 0.1) is 6.54 Å². The van der Waals surface area contributed by atoms with Gasteiger partial charge in [0.15, 0.2) is 0 Å². The Kier molecular flexibility index (Phi) is 5.96. The lowest BCUT2D eigenvalue weighted by molar-refractivity contribution is -0.124. The third kappa shape index (κ3) is 4.67. The highest BCUT2D eigenvalue weighted by Gasteiger charge is 2.15. The summed E-state index contributed by atoms with van der Waals surface area (Å²) in [5, 5.41) is 5.67. The lowest BCUT2D eigenvalue weighted by Crippen LogP contribution is -2.48. The van der Waals surface area contributed by atoms with Crippen LogP contribution in [0.4, 0.5) is 4.39 Å². The molecule has 0 radical (unpaired) electrons. The van der Waals surface area contributed by atoms with Gasteiger partial charge in [-0.15, -0.1) is 0 Å². The fourth-order valence-corrected chi connectivity index (χ4v) is 2.99. The third-order valence-corrected chi connectivity index (χ3v) is 4.39. The van der Waals surface area contributed by atoms with E-state index in [9.17, 15) is 14.0 Å². The Morgan fingerprint density at radius 1 is 1.15 bits per heavy atom. The summed E-state index contributed by atoms with van der Waals surface area (Å²) in [7, 11) is 0. The Morgan fingerprint density at radius 3 is 2.65 bits per heavy atom. The van der Waals surface area contributed by atoms with Gasteiger partial charge in [-0.05, 0) is 30.2 Å². The molecule has 0 bridgehead atoms. The molecule has 0 spiro atoms. The van der Waals surface area contributed by atoms with Crippen LogP contribution >= 0.6 is 0 Å². The van der Waals surface area contributed by atoms with E-state index in [0.717, 1.165) is 25.1 Å². The van der Waals surface area contributed by atoms with Crippen molar-refractivity contribution in [1.29, 1.82) is 0 Å². The molecule has 1 aliphatic rings. The number of piperazine rings is 1. The van der Waals surface area contributed by atoms with Crippen molar-refractivity contribution in [2.45, 2.75) is 6.42 Å². The molecule has 136 valence electrons. The zero-order chi connectivity index (χ0) is 18.4. The molecule has 2 N–H and O–H groups in total. The SMILES string of the molecule is O=C1CN(CCCNC(=O)c2ccc(-c3ccccc3F)cc2)CCN1. The third-order valence-electron chi connectivity index (χ3n) is 4.39. The molecule has 5 nitrogen and oxygen atoms in total. The smallest absolute Gasteiger partial charge is 0.251 e. The Balaban J connectivity index is 1.47. The van der Waals surface area contributed by atoms with E-state index >= 15 is 0 Å². The molecule has 0 unspecified atom stereocenters. The molecule has 1 saturated heterocycles. The van der Waals surface area contributed by atoms with Crippen molar-refractivity contribution in [1.82, 2.24) is 15.5 Å². The van der Waals surface area contributed by atoms with Crippen LogP contribution in [0.5, 0.6) is 0 Å². The minimum Gasteiger partial charge on any atom is -0.354 e. The van der Waals surface area contributed by atoms with Gasteiger partial charge in [0, 0.05) is 37.3 Å². The fraction of sp³-hybridized carbons (Fsp3) is 0.300. The van der Waals surface area contributed by atoms with Gasteiger partial charge in [-0.3, -0.25) is 14.5 Å². The molecule has 2 aromatic carbocycles. The zero-order valence-corrected chi connectivity index (χ0v) is 14.5. The average Bonchev–Trinajstić information content (AvgIpc) is 2.66. The number of hydrogen-bond acceptors (Lipinski definition) is 3. The molecule has 3 rings (SSSR count). The van der Waals surface area contributed by atoms with Gasteiger partial charge in [0.2, 0.25) is 5.91 Å². The van der Waals surface area contributed by atoms with Crippen LogP contribution in [0, 0.1) is 5.82 Å². The molecule has 1 fully saturated rings. The van der Waals surface area contributed by atoms with Crippen LogP contribution in [0.2, 0.25) is 0 Å². The lowest BCUT2D eigenvalue weighted by Gasteiger charge is -2.26. The molecule has 2 aromatic rings. The van der Waals surface area contributed by atoms with Gasteiger partial charge in [-0.2, -0.15) is 0 Å². The normalized spacial score (nSPS) is 14.7. The highest BCUT2D eigenvalue weighted by molar-refractivity contribution is 5.94. The molecular weight excluding hydrogens is 333 g/mol. The van der Waals surface area contributed by atoms with E-state index in [-0.39, 0.29) is 17.6 Å². The first-order chi connectivity index (χ1) is 12.6. The summed E-state index contributed by atoms with van der Waals surface area (Å²) in [6.07, 6.45) is 0.784. The van der Waals surface area contributed by atoms with Gasteiger partial charge < -0.3 is 10.6 Å². The van der Waals surface area contributed by atoms with Crippen LogP contribution in [0.3, 0.4) is 0 Å². The Labute approximate surface area is 152 Å². The first kappa shape index (κ1) is 18.1. The highest BCUT2D eigenvalue weighted by atomic mass is 19.1. The number of nitrogens with zero attached hydrogens (tertiary/aromatic N) is 1. The maximum atomic E-state index is 13.8. The van der Waals surface area contributed by atoms with Gasteiger partial charge in [0.1, 0.15) is 5.82 Å². The standard InChI is InChI=1S/C20H22FN3O2/c21-18-5-2-1-4-17(18)15-6-8-16(9-7-15)20(26)23-10-3-12-24-13-11-22-19(25)14-24/h1-2,4-9H,3,10-14H2,(H,22,25)(H,23,26). The summed E-state index contributed by atoms with van der Waals surface area (Å²) >= 11 is 0. The molecule has 1 aliphatic heterocycles. The van der Waals surface area contributed by atoms with Crippen molar-refractivity contribution in [3.05, 3.63) is 59.9 Å². The second-order valence-electron chi connectivity index (χ2n) is 6.29. The number of halogens is 1. The summed E-state index contributed by atoms with van der Waals surface area (Å²) in [6, 6.07) is 13.5. The first-order valence-corrected chi connectivity index (χ1v) is 8.76. The van der Waals surface area contributed by atoms with E-state index in [2.05, 4.69) is 15.5 Å². The van der Waals surface area contributed by atoms with Crippen molar-refractivity contribution in [2.75, 3.05) is 32.7 Å². The second kappa shape index (κ2) is 8.58. The molecule has 6 heteroatoms. The lowest BCUT2D eigenvalue weighted by atomic mass is 10.0. The summed E-state index contributed by atoms with van der Waals surface area (Å²) in [6.45, 7) is 3.27. The Morgan fingerprint density at radius 2 is 1.92 bits per heavy atom. The maximum absolute atomic E-state index is 13.8. The van der Waals surface area contributed by atoms with Crippen LogP contribution in [-0.4, -0.2) is 49.4 Å². The number of rotatable bonds is 6. The summed E-state index contributed by atoms with van der Waals surface area (Å²) < 4.78 is 13.8. The minimum absolute atomic E-state index is 0.0511. The maximum Gasteiger partial charge on any atom is 0.251 e. The molecule has 26 heavy (non-hydrogen) atoms. The number of hydrogen-bond donors (Lipinski definition) is 2. The highest BCUT2D eigenvalue weighted by Crippen LogP contribution is 2.22. The van der Waals surface area contributed by atoms with Crippen LogP contribution < -0.4 is 10.6 Å². The molecule has 0 aliphatic carbocycles. The Hall–Kier alpha value is -2.73. The van der Waals surface area contributed by atoms with E-state index in [1.165, 1.54) is 6.07 Å². The predicted molar refractivity (Wildman–Crippen MR) is 98.2 cm³/mol. The number of carbonyl (C=O) groups is 2. The predicted octanol–water partition coefficient (Wildman–Crippen LogP) is 2.04. The van der Waals surface area contributed by atoms with E-state index in [1.54, 1.807) is 42.5 Å². The molecule has 1 heterocycles. The number of amides is 2. The van der Waals surface area contributed by atoms with E-state index in [4.69, 9.17) is 0 Å². The number of nitrogens with one attached hydrogen (secondary N) is 2. The van der Waals surface area contributed by atoms with E-state index < -0.39 is 0 Å². The van der Waals surface area contributed by atoms with E-state index in [0.29, 0.717) is 30.8 Å². The van der Waals surface area contributed by atoms with Gasteiger partial charge in [0.25, 0.3) is 5.91 Å². The van der Waals surface area contributed by atoms with Crippen LogP contribution in [-0.2, 0) is 4.79 Å². The Bertz CT molecular complexity index is 777. The average molecular weight is 355 g/mol. The summed E-state index contributed by atoms with van der Waals surface area (Å²) in [5.41, 5.74) is 1.80. The molecule has 0 aromatic heterocycles. The van der Waals surface area contributed by atoms with Crippen molar-refractivity contribution in [2.24, 2.45) is 0 Å². The van der Waals surface area contributed by atoms with Gasteiger partial charge >= 0.3 is 0 Å². The molecule has 0 atom stereocenters. The topological polar surface area (TPSA) is 61.4 Å². The van der Waals surface area contributed by atoms with Gasteiger partial charge in [-0.1, -0.05) is 30.3 Å². The number of carbonyl (C=O) groups excluding carboxylic acids is 2. The van der Waals surface area contributed by atoms with Crippen molar-refractivity contribution >= 4 is 11.8 Å². The van der Waals surface area contributed by atoms with Crippen molar-refractivity contribution in [3.8, 4) is 11.1 Å². The largest absolute Gasteiger partial charge is 0.354 e. The minimum atomic E-state index is -0.281. The van der Waals surface area contributed by atoms with Crippen molar-refractivity contribution in [3.63, 3.8) is 0 Å². The molecular formula is C20H22FN3O2. The fourth-order valence-electron chi connectivity index (χ4n) is 2.99. The monoisotopic (exact) mass is 355 g/mol. The number of benzene rings is 2. The van der Waals surface area contributed by atoms with E-state index in [1.807, 2.05) is 0 Å². The quantitative estimate of drug-likeness (QED) is 0.780.